The summed E-state index contributed by atoms with van der Waals surface area (Å²) < 4.78 is 4.17. The summed E-state index contributed by atoms with van der Waals surface area (Å²) in [5, 5.41) is 0. The van der Waals surface area contributed by atoms with Crippen LogP contribution in [0.15, 0.2) is 24.5 Å². The number of carbonyl (C=O) groups excluding carboxylic acids is 1. The van der Waals surface area contributed by atoms with E-state index in [1.165, 1.54) is 45.4 Å². The molecule has 1 atom stereocenters. The highest BCUT2D eigenvalue weighted by molar-refractivity contribution is 5.66. The fourth-order valence-electron chi connectivity index (χ4n) is 1.56. The fourth-order valence-corrected chi connectivity index (χ4v) is 1.56. The quantitative estimate of drug-likeness (QED) is 0.292. The monoisotopic (exact) mass is 238 g/mol. The number of unbranched alkanes of at least 4 members (excludes halogenated alkanes) is 4. The zero-order valence-electron chi connectivity index (χ0n) is 11.5. The maximum absolute atomic E-state index is 9.75. The first-order chi connectivity index (χ1) is 8.11. The van der Waals surface area contributed by atoms with E-state index in [1.54, 1.807) is 5.57 Å². The van der Waals surface area contributed by atoms with Gasteiger partial charge in [0, 0.05) is 6.92 Å². The Morgan fingerprint density at radius 1 is 1.47 bits per heavy atom. The predicted molar refractivity (Wildman–Crippen MR) is 72.6 cm³/mol. The van der Waals surface area contributed by atoms with Crippen molar-refractivity contribution in [2.24, 2.45) is 5.92 Å². The SMILES string of the molecule is C=COC(C)=O.CCCCCCC=C1CC1C. The standard InChI is InChI=1S/C11H20.C4H6O2/c1-3-4-5-6-7-8-11-9-10(11)2;1-3-6-4(2)5/h8,10H,3-7,9H2,1-2H3;3H,1H2,2H3. The molecule has 0 aromatic heterocycles. The fraction of sp³-hybridized carbons (Fsp3) is 0.667. The minimum atomic E-state index is -0.329. The molecule has 0 spiro atoms. The van der Waals surface area contributed by atoms with Gasteiger partial charge in [0.15, 0.2) is 0 Å². The number of allylic oxidation sites excluding steroid dienone is 2. The predicted octanol–water partition coefficient (Wildman–Crippen LogP) is 4.62. The van der Waals surface area contributed by atoms with Crippen LogP contribution in [-0.2, 0) is 9.53 Å². The Hall–Kier alpha value is -1.05. The second-order valence-corrected chi connectivity index (χ2v) is 4.51. The molecule has 1 unspecified atom stereocenters. The Morgan fingerprint density at radius 3 is 2.47 bits per heavy atom. The molecule has 17 heavy (non-hydrogen) atoms. The van der Waals surface area contributed by atoms with E-state index in [4.69, 9.17) is 0 Å². The lowest BCUT2D eigenvalue weighted by molar-refractivity contribution is -0.135. The van der Waals surface area contributed by atoms with Crippen LogP contribution in [0.4, 0.5) is 0 Å². The maximum atomic E-state index is 9.75. The van der Waals surface area contributed by atoms with Gasteiger partial charge in [0.1, 0.15) is 0 Å². The molecule has 0 aromatic rings. The summed E-state index contributed by atoms with van der Waals surface area (Å²) in [5.74, 6) is 0.603. The molecule has 0 aliphatic heterocycles. The molecule has 0 aromatic carbocycles. The van der Waals surface area contributed by atoms with Gasteiger partial charge < -0.3 is 4.74 Å². The van der Waals surface area contributed by atoms with Gasteiger partial charge in [0.05, 0.1) is 6.26 Å². The summed E-state index contributed by atoms with van der Waals surface area (Å²) in [6, 6.07) is 0. The Kier molecular flexibility index (Phi) is 9.50. The number of hydrogen-bond donors (Lipinski definition) is 0. The summed E-state index contributed by atoms with van der Waals surface area (Å²) in [7, 11) is 0. The highest BCUT2D eigenvalue weighted by Crippen LogP contribution is 2.37. The molecular weight excluding hydrogens is 212 g/mol. The van der Waals surface area contributed by atoms with Gasteiger partial charge in [0.2, 0.25) is 0 Å². The van der Waals surface area contributed by atoms with Crippen molar-refractivity contribution in [2.45, 2.75) is 59.3 Å². The third-order valence-corrected chi connectivity index (χ3v) is 2.73. The van der Waals surface area contributed by atoms with Gasteiger partial charge in [-0.25, -0.2) is 0 Å². The van der Waals surface area contributed by atoms with Gasteiger partial charge in [-0.1, -0.05) is 51.3 Å². The van der Waals surface area contributed by atoms with E-state index >= 15 is 0 Å². The van der Waals surface area contributed by atoms with Crippen LogP contribution in [0.25, 0.3) is 0 Å². The lowest BCUT2D eigenvalue weighted by Gasteiger charge is -1.93. The summed E-state index contributed by atoms with van der Waals surface area (Å²) in [6.07, 6.45) is 11.9. The van der Waals surface area contributed by atoms with Crippen molar-refractivity contribution in [1.82, 2.24) is 0 Å². The number of hydrogen-bond acceptors (Lipinski definition) is 2. The molecule has 1 rings (SSSR count). The number of esters is 1. The Balaban J connectivity index is 0.000000366. The van der Waals surface area contributed by atoms with Crippen LogP contribution in [0, 0.1) is 5.92 Å². The first kappa shape index (κ1) is 16.0. The Bertz CT molecular complexity index is 254. The summed E-state index contributed by atoms with van der Waals surface area (Å²) >= 11 is 0. The second-order valence-electron chi connectivity index (χ2n) is 4.51. The van der Waals surface area contributed by atoms with E-state index in [2.05, 4.69) is 31.2 Å². The van der Waals surface area contributed by atoms with E-state index in [-0.39, 0.29) is 5.97 Å². The first-order valence-electron chi connectivity index (χ1n) is 6.58. The van der Waals surface area contributed by atoms with Gasteiger partial charge >= 0.3 is 5.97 Å². The highest BCUT2D eigenvalue weighted by atomic mass is 16.5. The molecule has 0 N–H and O–H groups in total. The second kappa shape index (κ2) is 10.1. The average molecular weight is 238 g/mol. The molecule has 98 valence electrons. The van der Waals surface area contributed by atoms with Crippen LogP contribution in [0.1, 0.15) is 59.3 Å². The van der Waals surface area contributed by atoms with E-state index in [1.807, 2.05) is 0 Å². The van der Waals surface area contributed by atoms with Crippen LogP contribution in [0.3, 0.4) is 0 Å². The zero-order valence-corrected chi connectivity index (χ0v) is 11.5. The van der Waals surface area contributed by atoms with Crippen molar-refractivity contribution in [3.05, 3.63) is 24.5 Å². The van der Waals surface area contributed by atoms with Crippen molar-refractivity contribution >= 4 is 5.97 Å². The third kappa shape index (κ3) is 11.2. The summed E-state index contributed by atoms with van der Waals surface area (Å²) in [5.41, 5.74) is 1.71. The molecule has 1 aliphatic carbocycles. The summed E-state index contributed by atoms with van der Waals surface area (Å²) in [6.45, 7) is 9.06. The molecule has 1 fully saturated rings. The largest absolute Gasteiger partial charge is 0.435 e. The molecular formula is C15H26O2. The van der Waals surface area contributed by atoms with Crippen LogP contribution >= 0.6 is 0 Å². The normalized spacial score (nSPS) is 19.2. The van der Waals surface area contributed by atoms with Gasteiger partial charge in [-0.3, -0.25) is 4.79 Å². The molecule has 0 saturated heterocycles. The molecule has 0 amide bonds. The van der Waals surface area contributed by atoms with Crippen LogP contribution in [-0.4, -0.2) is 5.97 Å². The summed E-state index contributed by atoms with van der Waals surface area (Å²) in [4.78, 5) is 9.75. The zero-order chi connectivity index (χ0) is 13.1. The van der Waals surface area contributed by atoms with Gasteiger partial charge in [-0.2, -0.15) is 0 Å². The van der Waals surface area contributed by atoms with Crippen molar-refractivity contribution in [3.8, 4) is 0 Å². The third-order valence-electron chi connectivity index (χ3n) is 2.73. The Labute approximate surface area is 106 Å². The van der Waals surface area contributed by atoms with Crippen molar-refractivity contribution < 1.29 is 9.53 Å². The number of ether oxygens (including phenoxy) is 1. The average Bonchev–Trinajstić information content (AvgIpc) is 2.95. The van der Waals surface area contributed by atoms with Crippen LogP contribution < -0.4 is 0 Å². The van der Waals surface area contributed by atoms with E-state index in [0.29, 0.717) is 0 Å². The molecule has 0 bridgehead atoms. The Morgan fingerprint density at radius 2 is 2.12 bits per heavy atom. The van der Waals surface area contributed by atoms with Crippen molar-refractivity contribution in [2.75, 3.05) is 0 Å². The number of rotatable bonds is 6. The molecule has 0 heterocycles. The minimum Gasteiger partial charge on any atom is -0.435 e. The van der Waals surface area contributed by atoms with Crippen LogP contribution in [0.5, 0.6) is 0 Å². The highest BCUT2D eigenvalue weighted by Gasteiger charge is 2.22. The maximum Gasteiger partial charge on any atom is 0.307 e. The van der Waals surface area contributed by atoms with Gasteiger partial charge in [0.25, 0.3) is 0 Å². The molecule has 1 aliphatic rings. The topological polar surface area (TPSA) is 26.3 Å². The first-order valence-corrected chi connectivity index (χ1v) is 6.58. The van der Waals surface area contributed by atoms with E-state index < -0.39 is 0 Å². The van der Waals surface area contributed by atoms with Crippen LogP contribution in [0.2, 0.25) is 0 Å². The van der Waals surface area contributed by atoms with Gasteiger partial charge in [-0.15, -0.1) is 0 Å². The molecule has 2 heteroatoms. The molecule has 1 saturated carbocycles. The van der Waals surface area contributed by atoms with Crippen molar-refractivity contribution in [3.63, 3.8) is 0 Å². The molecule has 0 radical (unpaired) electrons. The number of carbonyl (C=O) groups is 1. The smallest absolute Gasteiger partial charge is 0.307 e. The van der Waals surface area contributed by atoms with Gasteiger partial charge in [-0.05, 0) is 25.2 Å². The minimum absolute atomic E-state index is 0.329. The van der Waals surface area contributed by atoms with E-state index in [9.17, 15) is 4.79 Å². The molecule has 2 nitrogen and oxygen atoms in total. The lowest BCUT2D eigenvalue weighted by Crippen LogP contribution is -1.87. The lowest BCUT2D eigenvalue weighted by atomic mass is 10.1. The van der Waals surface area contributed by atoms with Crippen molar-refractivity contribution in [1.29, 1.82) is 0 Å². The van der Waals surface area contributed by atoms with E-state index in [0.717, 1.165) is 12.2 Å².